The molecule has 2 fully saturated rings. The molecule has 0 radical (unpaired) electrons. The molecule has 0 saturated carbocycles. The average molecular weight is 343 g/mol. The van der Waals surface area contributed by atoms with Gasteiger partial charge >= 0.3 is 125 Å². The van der Waals surface area contributed by atoms with Gasteiger partial charge in [-0.1, -0.05) is 0 Å². The van der Waals surface area contributed by atoms with E-state index in [1.165, 1.54) is 10.0 Å². The van der Waals surface area contributed by atoms with Crippen LogP contribution in [-0.2, 0) is 14.2 Å². The molecule has 0 unspecified atom stereocenters. The van der Waals surface area contributed by atoms with Gasteiger partial charge in [0.2, 0.25) is 0 Å². The summed E-state index contributed by atoms with van der Waals surface area (Å²) in [5.41, 5.74) is 1.26. The third kappa shape index (κ3) is 2.93. The first kappa shape index (κ1) is 14.5. The molecular weight excluding hydrogens is 323 g/mol. The predicted octanol–water partition coefficient (Wildman–Crippen LogP) is 0.980. The van der Waals surface area contributed by atoms with Gasteiger partial charge in [0, 0.05) is 0 Å². The molecule has 1 aromatic rings. The van der Waals surface area contributed by atoms with Crippen LogP contribution in [0.5, 0.6) is 0 Å². The Bertz CT molecular complexity index is 473. The fourth-order valence-corrected chi connectivity index (χ4v) is 4.53. The second kappa shape index (κ2) is 5.41. The Balaban J connectivity index is 1.57. The minimum absolute atomic E-state index is 0.192. The SMILES string of the molecule is Cc1ccc([Se]C[C@H]2O[C@@H]3OC(C)(C)O[C@@H]3[C@H]2O)cc1. The first-order chi connectivity index (χ1) is 9.44. The average Bonchev–Trinajstić information content (AvgIpc) is 2.83. The number of aryl methyl sites for hydroxylation is 1. The molecular formula is C15H20O4Se. The van der Waals surface area contributed by atoms with Gasteiger partial charge in [-0.3, -0.25) is 0 Å². The molecule has 3 rings (SSSR count). The summed E-state index contributed by atoms with van der Waals surface area (Å²) >= 11 is 0.285. The van der Waals surface area contributed by atoms with Crippen LogP contribution in [0.2, 0.25) is 5.32 Å². The van der Waals surface area contributed by atoms with E-state index in [0.717, 1.165) is 5.32 Å². The second-order valence-corrected chi connectivity index (χ2v) is 8.05. The van der Waals surface area contributed by atoms with E-state index in [-0.39, 0.29) is 27.2 Å². The molecule has 0 aromatic heterocycles. The van der Waals surface area contributed by atoms with Gasteiger partial charge in [-0.2, -0.15) is 0 Å². The van der Waals surface area contributed by atoms with Crippen LogP contribution in [-0.4, -0.2) is 50.5 Å². The van der Waals surface area contributed by atoms with Crippen molar-refractivity contribution in [1.29, 1.82) is 0 Å². The third-order valence-corrected chi connectivity index (χ3v) is 5.86. The Morgan fingerprint density at radius 2 is 1.90 bits per heavy atom. The molecule has 2 saturated heterocycles. The zero-order valence-corrected chi connectivity index (χ0v) is 13.6. The topological polar surface area (TPSA) is 47.9 Å². The molecule has 2 aliphatic rings. The fraction of sp³-hybridized carbons (Fsp3) is 0.600. The van der Waals surface area contributed by atoms with Gasteiger partial charge in [-0.05, 0) is 0 Å². The number of fused-ring (bicyclic) bond motifs is 1. The summed E-state index contributed by atoms with van der Waals surface area (Å²) in [7, 11) is 0. The van der Waals surface area contributed by atoms with Crippen molar-refractivity contribution in [2.75, 3.05) is 0 Å². The van der Waals surface area contributed by atoms with Crippen LogP contribution < -0.4 is 4.46 Å². The summed E-state index contributed by atoms with van der Waals surface area (Å²) < 4.78 is 18.5. The number of hydrogen-bond acceptors (Lipinski definition) is 4. The van der Waals surface area contributed by atoms with E-state index in [4.69, 9.17) is 14.2 Å². The van der Waals surface area contributed by atoms with Gasteiger partial charge in [-0.15, -0.1) is 0 Å². The van der Waals surface area contributed by atoms with E-state index >= 15 is 0 Å². The summed E-state index contributed by atoms with van der Waals surface area (Å²) in [6.45, 7) is 5.76. The number of benzene rings is 1. The van der Waals surface area contributed by atoms with E-state index < -0.39 is 18.2 Å². The Morgan fingerprint density at radius 1 is 1.20 bits per heavy atom. The number of ether oxygens (including phenoxy) is 3. The zero-order chi connectivity index (χ0) is 14.3. The summed E-state index contributed by atoms with van der Waals surface area (Å²) in [6.07, 6.45) is -1.58. The van der Waals surface area contributed by atoms with E-state index in [0.29, 0.717) is 0 Å². The van der Waals surface area contributed by atoms with E-state index in [9.17, 15) is 5.11 Å². The molecule has 0 amide bonds. The normalized spacial score (nSPS) is 35.2. The third-order valence-electron chi connectivity index (χ3n) is 3.55. The van der Waals surface area contributed by atoms with Crippen LogP contribution in [0.4, 0.5) is 0 Å². The zero-order valence-electron chi connectivity index (χ0n) is 11.9. The number of rotatable bonds is 3. The molecule has 0 bridgehead atoms. The molecule has 5 heteroatoms. The van der Waals surface area contributed by atoms with Crippen molar-refractivity contribution in [3.63, 3.8) is 0 Å². The van der Waals surface area contributed by atoms with Crippen molar-refractivity contribution in [3.05, 3.63) is 29.8 Å². The van der Waals surface area contributed by atoms with Crippen molar-refractivity contribution >= 4 is 19.4 Å². The number of aliphatic hydroxyl groups is 1. The van der Waals surface area contributed by atoms with Crippen LogP contribution in [0.15, 0.2) is 24.3 Å². The van der Waals surface area contributed by atoms with Gasteiger partial charge in [0.05, 0.1) is 0 Å². The van der Waals surface area contributed by atoms with Crippen molar-refractivity contribution in [1.82, 2.24) is 0 Å². The van der Waals surface area contributed by atoms with E-state index in [1.54, 1.807) is 0 Å². The molecule has 4 atom stereocenters. The molecule has 1 aromatic carbocycles. The molecule has 4 nitrogen and oxygen atoms in total. The number of hydrogen-bond donors (Lipinski definition) is 1. The van der Waals surface area contributed by atoms with Crippen LogP contribution in [0.3, 0.4) is 0 Å². The summed E-state index contributed by atoms with van der Waals surface area (Å²) in [5.74, 6) is -0.663. The van der Waals surface area contributed by atoms with Crippen LogP contribution >= 0.6 is 0 Å². The van der Waals surface area contributed by atoms with E-state index in [1.807, 2.05) is 13.8 Å². The van der Waals surface area contributed by atoms with Gasteiger partial charge in [0.1, 0.15) is 0 Å². The Morgan fingerprint density at radius 3 is 2.55 bits per heavy atom. The fourth-order valence-electron chi connectivity index (χ4n) is 2.51. The number of aliphatic hydroxyl groups excluding tert-OH is 1. The second-order valence-electron chi connectivity index (χ2n) is 5.76. The van der Waals surface area contributed by atoms with Crippen molar-refractivity contribution in [2.24, 2.45) is 0 Å². The molecule has 110 valence electrons. The molecule has 2 aliphatic heterocycles. The summed E-state index contributed by atoms with van der Waals surface area (Å²) in [5, 5.41) is 11.1. The Hall–Kier alpha value is -0.421. The molecule has 2 heterocycles. The maximum atomic E-state index is 10.3. The Kier molecular flexibility index (Phi) is 3.93. The van der Waals surface area contributed by atoms with Gasteiger partial charge < -0.3 is 0 Å². The summed E-state index contributed by atoms with van der Waals surface area (Å²) in [4.78, 5) is 0. The molecule has 0 spiro atoms. The van der Waals surface area contributed by atoms with Gasteiger partial charge in [0.25, 0.3) is 0 Å². The first-order valence-corrected chi connectivity index (χ1v) is 8.90. The molecule has 0 aliphatic carbocycles. The van der Waals surface area contributed by atoms with E-state index in [2.05, 4.69) is 31.2 Å². The molecule has 1 N–H and O–H groups in total. The monoisotopic (exact) mass is 344 g/mol. The predicted molar refractivity (Wildman–Crippen MR) is 76.1 cm³/mol. The van der Waals surface area contributed by atoms with Crippen molar-refractivity contribution in [3.8, 4) is 0 Å². The van der Waals surface area contributed by atoms with Gasteiger partial charge in [-0.25, -0.2) is 0 Å². The standard InChI is InChI=1S/C15H20O4Se/c1-9-4-6-10(7-5-9)20-8-11-12(16)13-14(17-11)19-15(2,3)18-13/h4-7,11-14,16H,8H2,1-3H3/t11-,12+,13-,14-/m1/s1. The maximum absolute atomic E-state index is 10.3. The van der Waals surface area contributed by atoms with Crippen LogP contribution in [0.1, 0.15) is 19.4 Å². The van der Waals surface area contributed by atoms with Crippen LogP contribution in [0, 0.1) is 6.92 Å². The first-order valence-electron chi connectivity index (χ1n) is 6.83. The summed E-state index contributed by atoms with van der Waals surface area (Å²) in [6, 6.07) is 8.53. The minimum atomic E-state index is -0.663. The van der Waals surface area contributed by atoms with Crippen molar-refractivity contribution in [2.45, 2.75) is 56.5 Å². The Labute approximate surface area is 125 Å². The van der Waals surface area contributed by atoms with Crippen LogP contribution in [0.25, 0.3) is 0 Å². The van der Waals surface area contributed by atoms with Gasteiger partial charge in [0.15, 0.2) is 0 Å². The quantitative estimate of drug-likeness (QED) is 0.832. The molecule has 20 heavy (non-hydrogen) atoms. The van der Waals surface area contributed by atoms with Crippen molar-refractivity contribution < 1.29 is 19.3 Å².